The molecule has 0 aliphatic carbocycles. The molecule has 0 saturated carbocycles. The number of anilines is 1. The maximum atomic E-state index is 8.73. The Morgan fingerprint density at radius 2 is 2.00 bits per heavy atom. The van der Waals surface area contributed by atoms with E-state index < -0.39 is 0 Å². The summed E-state index contributed by atoms with van der Waals surface area (Å²) >= 11 is 0. The maximum absolute atomic E-state index is 8.73. The number of hydrogen-bond donors (Lipinski definition) is 2. The van der Waals surface area contributed by atoms with Crippen LogP contribution >= 0.6 is 0 Å². The molecule has 0 unspecified atom stereocenters. The molecule has 0 radical (unpaired) electrons. The molecule has 1 aromatic heterocycles. The quantitative estimate of drug-likeness (QED) is 0.381. The second-order valence-electron chi connectivity index (χ2n) is 4.52. The Bertz CT molecular complexity index is 612. The van der Waals surface area contributed by atoms with Gasteiger partial charge >= 0.3 is 0 Å². The van der Waals surface area contributed by atoms with Gasteiger partial charge in [0.2, 0.25) is 5.95 Å². The first-order chi connectivity index (χ1) is 9.60. The van der Waals surface area contributed by atoms with Crippen molar-refractivity contribution < 1.29 is 5.21 Å². The van der Waals surface area contributed by atoms with Crippen molar-refractivity contribution >= 4 is 11.8 Å². The number of aromatic nitrogens is 2. The summed E-state index contributed by atoms with van der Waals surface area (Å²) in [7, 11) is 1.90. The lowest BCUT2D eigenvalue weighted by Crippen LogP contribution is -2.22. The highest BCUT2D eigenvalue weighted by molar-refractivity contribution is 5.95. The minimum Gasteiger partial charge on any atom is -0.409 e. The van der Waals surface area contributed by atoms with Gasteiger partial charge in [0.25, 0.3) is 0 Å². The Balaban J connectivity index is 2.26. The zero-order valence-electron chi connectivity index (χ0n) is 11.5. The van der Waals surface area contributed by atoms with Crippen molar-refractivity contribution in [2.24, 2.45) is 10.9 Å². The average molecular weight is 271 g/mol. The average Bonchev–Trinajstić information content (AvgIpc) is 2.46. The van der Waals surface area contributed by atoms with Crippen molar-refractivity contribution in [2.45, 2.75) is 13.5 Å². The van der Waals surface area contributed by atoms with Gasteiger partial charge in [0, 0.05) is 19.3 Å². The van der Waals surface area contributed by atoms with Crippen molar-refractivity contribution in [2.75, 3.05) is 11.9 Å². The van der Waals surface area contributed by atoms with Gasteiger partial charge in [-0.05, 0) is 18.6 Å². The first kappa shape index (κ1) is 13.8. The zero-order valence-corrected chi connectivity index (χ0v) is 11.5. The van der Waals surface area contributed by atoms with Gasteiger partial charge in [0.05, 0.1) is 0 Å². The number of rotatable bonds is 4. The standard InChI is InChI=1S/C14H17N5O/c1-10-8-12(13(15)18-20)17-14(16-10)19(2)9-11-6-4-3-5-7-11/h3-8,20H,9H2,1-2H3,(H2,15,18). The third-order valence-electron chi connectivity index (χ3n) is 2.82. The predicted molar refractivity (Wildman–Crippen MR) is 77.8 cm³/mol. The van der Waals surface area contributed by atoms with Crippen molar-refractivity contribution in [3.8, 4) is 0 Å². The van der Waals surface area contributed by atoms with E-state index in [1.54, 1.807) is 6.07 Å². The van der Waals surface area contributed by atoms with Crippen LogP contribution in [-0.2, 0) is 6.54 Å². The molecule has 0 amide bonds. The fraction of sp³-hybridized carbons (Fsp3) is 0.214. The van der Waals surface area contributed by atoms with Crippen molar-refractivity contribution in [1.29, 1.82) is 0 Å². The van der Waals surface area contributed by atoms with E-state index in [-0.39, 0.29) is 5.84 Å². The summed E-state index contributed by atoms with van der Waals surface area (Å²) in [5.41, 5.74) is 7.91. The van der Waals surface area contributed by atoms with Gasteiger partial charge in [-0.15, -0.1) is 0 Å². The van der Waals surface area contributed by atoms with E-state index in [9.17, 15) is 0 Å². The molecule has 104 valence electrons. The van der Waals surface area contributed by atoms with Crippen molar-refractivity contribution in [1.82, 2.24) is 9.97 Å². The van der Waals surface area contributed by atoms with E-state index >= 15 is 0 Å². The molecule has 0 saturated heterocycles. The number of hydrogen-bond acceptors (Lipinski definition) is 5. The smallest absolute Gasteiger partial charge is 0.226 e. The van der Waals surface area contributed by atoms with Crippen LogP contribution in [0.1, 0.15) is 17.0 Å². The Kier molecular flexibility index (Phi) is 4.14. The molecule has 0 aliphatic rings. The molecular weight excluding hydrogens is 254 g/mol. The molecule has 0 spiro atoms. The summed E-state index contributed by atoms with van der Waals surface area (Å²) < 4.78 is 0. The summed E-state index contributed by atoms with van der Waals surface area (Å²) in [6.07, 6.45) is 0. The highest BCUT2D eigenvalue weighted by Crippen LogP contribution is 2.12. The number of nitrogens with zero attached hydrogens (tertiary/aromatic N) is 4. The SMILES string of the molecule is Cc1cc(/C(N)=N/O)nc(N(C)Cc2ccccc2)n1. The van der Waals surface area contributed by atoms with Gasteiger partial charge in [0.15, 0.2) is 5.84 Å². The van der Waals surface area contributed by atoms with E-state index in [1.807, 2.05) is 49.2 Å². The van der Waals surface area contributed by atoms with E-state index in [1.165, 1.54) is 0 Å². The summed E-state index contributed by atoms with van der Waals surface area (Å²) in [4.78, 5) is 10.6. The molecule has 1 heterocycles. The largest absolute Gasteiger partial charge is 0.409 e. The van der Waals surface area contributed by atoms with Crippen LogP contribution in [0, 0.1) is 6.92 Å². The number of nitrogens with two attached hydrogens (primary N) is 1. The van der Waals surface area contributed by atoms with Crippen LogP contribution in [0.15, 0.2) is 41.6 Å². The summed E-state index contributed by atoms with van der Waals surface area (Å²) in [6.45, 7) is 2.52. The van der Waals surface area contributed by atoms with E-state index in [0.29, 0.717) is 18.2 Å². The zero-order chi connectivity index (χ0) is 14.5. The Morgan fingerprint density at radius 3 is 2.65 bits per heavy atom. The lowest BCUT2D eigenvalue weighted by Gasteiger charge is -2.18. The van der Waals surface area contributed by atoms with Gasteiger partial charge in [-0.3, -0.25) is 0 Å². The third kappa shape index (κ3) is 3.23. The number of benzene rings is 1. The lowest BCUT2D eigenvalue weighted by atomic mass is 10.2. The van der Waals surface area contributed by atoms with Gasteiger partial charge in [-0.1, -0.05) is 35.5 Å². The van der Waals surface area contributed by atoms with Gasteiger partial charge in [0.1, 0.15) is 5.69 Å². The first-order valence-corrected chi connectivity index (χ1v) is 6.19. The van der Waals surface area contributed by atoms with Crippen LogP contribution < -0.4 is 10.6 Å². The number of aryl methyl sites for hydroxylation is 1. The molecule has 20 heavy (non-hydrogen) atoms. The lowest BCUT2D eigenvalue weighted by molar-refractivity contribution is 0.318. The summed E-state index contributed by atoms with van der Waals surface area (Å²) in [6, 6.07) is 11.7. The second kappa shape index (κ2) is 6.01. The molecule has 0 aliphatic heterocycles. The van der Waals surface area contributed by atoms with Gasteiger partial charge in [-0.25, -0.2) is 9.97 Å². The van der Waals surface area contributed by atoms with Crippen LogP contribution in [0.3, 0.4) is 0 Å². The van der Waals surface area contributed by atoms with E-state index in [2.05, 4.69) is 15.1 Å². The molecule has 1 aromatic carbocycles. The summed E-state index contributed by atoms with van der Waals surface area (Å²) in [5.74, 6) is 0.514. The van der Waals surface area contributed by atoms with Gasteiger partial charge < -0.3 is 15.8 Å². The third-order valence-corrected chi connectivity index (χ3v) is 2.82. The van der Waals surface area contributed by atoms with Crippen molar-refractivity contribution in [3.05, 3.63) is 53.3 Å². The molecule has 6 heteroatoms. The normalized spacial score (nSPS) is 11.4. The molecule has 3 N–H and O–H groups in total. The highest BCUT2D eigenvalue weighted by Gasteiger charge is 2.10. The Labute approximate surface area is 117 Å². The molecular formula is C14H17N5O. The Morgan fingerprint density at radius 1 is 1.30 bits per heavy atom. The molecule has 2 rings (SSSR count). The maximum Gasteiger partial charge on any atom is 0.226 e. The second-order valence-corrected chi connectivity index (χ2v) is 4.52. The first-order valence-electron chi connectivity index (χ1n) is 6.19. The fourth-order valence-electron chi connectivity index (χ4n) is 1.83. The fourth-order valence-corrected chi connectivity index (χ4v) is 1.83. The number of oxime groups is 1. The van der Waals surface area contributed by atoms with Crippen LogP contribution in [0.2, 0.25) is 0 Å². The molecule has 0 fully saturated rings. The Hall–Kier alpha value is -2.63. The minimum absolute atomic E-state index is 0.0233. The predicted octanol–water partition coefficient (Wildman–Crippen LogP) is 1.52. The molecule has 2 aromatic rings. The van der Waals surface area contributed by atoms with Crippen LogP contribution in [-0.4, -0.2) is 28.1 Å². The number of amidine groups is 1. The van der Waals surface area contributed by atoms with Gasteiger partial charge in [-0.2, -0.15) is 0 Å². The molecule has 6 nitrogen and oxygen atoms in total. The van der Waals surface area contributed by atoms with Crippen molar-refractivity contribution in [3.63, 3.8) is 0 Å². The van der Waals surface area contributed by atoms with Crippen LogP contribution in [0.5, 0.6) is 0 Å². The topological polar surface area (TPSA) is 87.6 Å². The highest BCUT2D eigenvalue weighted by atomic mass is 16.4. The molecule has 0 atom stereocenters. The molecule has 0 bridgehead atoms. The van der Waals surface area contributed by atoms with Crippen LogP contribution in [0.25, 0.3) is 0 Å². The van der Waals surface area contributed by atoms with E-state index in [4.69, 9.17) is 10.9 Å². The minimum atomic E-state index is -0.0233. The summed E-state index contributed by atoms with van der Waals surface area (Å²) in [5, 5.41) is 11.7. The monoisotopic (exact) mass is 271 g/mol. The van der Waals surface area contributed by atoms with Crippen LogP contribution in [0.4, 0.5) is 5.95 Å². The van der Waals surface area contributed by atoms with E-state index in [0.717, 1.165) is 11.3 Å².